The molecule has 0 atom stereocenters. The predicted octanol–water partition coefficient (Wildman–Crippen LogP) is 3.27. The Hall–Kier alpha value is -1.14. The number of esters is 1. The van der Waals surface area contributed by atoms with E-state index in [1.807, 2.05) is 11.4 Å². The molecule has 2 aromatic rings. The number of rotatable bonds is 4. The van der Waals surface area contributed by atoms with Crippen LogP contribution in [0.25, 0.3) is 11.5 Å². The summed E-state index contributed by atoms with van der Waals surface area (Å²) in [5.74, 6) is 0.428. The van der Waals surface area contributed by atoms with E-state index in [-0.39, 0.29) is 12.4 Å². The van der Waals surface area contributed by atoms with E-state index in [0.29, 0.717) is 17.0 Å². The zero-order valence-corrected chi connectivity index (χ0v) is 11.5. The molecule has 0 bridgehead atoms. The van der Waals surface area contributed by atoms with E-state index in [1.165, 1.54) is 11.3 Å². The third-order valence-electron chi connectivity index (χ3n) is 1.98. The fourth-order valence-electron chi connectivity index (χ4n) is 1.29. The topological polar surface area (TPSA) is 52.3 Å². The van der Waals surface area contributed by atoms with Gasteiger partial charge < -0.3 is 9.15 Å². The van der Waals surface area contributed by atoms with Gasteiger partial charge in [0.1, 0.15) is 10.7 Å². The molecule has 6 heteroatoms. The smallest absolute Gasteiger partial charge is 0.312 e. The van der Waals surface area contributed by atoms with E-state index >= 15 is 0 Å². The lowest BCUT2D eigenvalue weighted by Gasteiger charge is -1.97. The van der Waals surface area contributed by atoms with Crippen molar-refractivity contribution in [2.45, 2.75) is 13.3 Å². The van der Waals surface area contributed by atoms with Crippen LogP contribution in [0.1, 0.15) is 11.9 Å². The number of aromatic nitrogens is 1. The van der Waals surface area contributed by atoms with Gasteiger partial charge in [0.05, 0.1) is 13.0 Å². The highest BCUT2D eigenvalue weighted by atomic mass is 79.9. The van der Waals surface area contributed by atoms with E-state index in [1.54, 1.807) is 13.0 Å². The van der Waals surface area contributed by atoms with Crippen LogP contribution in [0.15, 0.2) is 26.6 Å². The standard InChI is InChI=1S/C11H10BrNO3S/c1-2-15-11(14)5-10-13-7(6-17-10)8-3-4-9(12)16-8/h3-4,6H,2,5H2,1H3. The lowest BCUT2D eigenvalue weighted by atomic mass is 10.3. The molecule has 2 heterocycles. The summed E-state index contributed by atoms with van der Waals surface area (Å²) >= 11 is 4.65. The number of furan rings is 1. The van der Waals surface area contributed by atoms with E-state index in [0.717, 1.165) is 10.7 Å². The van der Waals surface area contributed by atoms with Crippen molar-refractivity contribution in [3.63, 3.8) is 0 Å². The molecule has 0 amide bonds. The third kappa shape index (κ3) is 3.17. The average molecular weight is 316 g/mol. The lowest BCUT2D eigenvalue weighted by molar-refractivity contribution is -0.142. The van der Waals surface area contributed by atoms with Gasteiger partial charge in [-0.3, -0.25) is 4.79 Å². The second kappa shape index (κ2) is 5.46. The summed E-state index contributed by atoms with van der Waals surface area (Å²) in [5.41, 5.74) is 0.736. The van der Waals surface area contributed by atoms with Gasteiger partial charge in [0.15, 0.2) is 10.4 Å². The first kappa shape index (κ1) is 12.3. The number of carbonyl (C=O) groups is 1. The zero-order chi connectivity index (χ0) is 12.3. The Bertz CT molecular complexity index is 520. The quantitative estimate of drug-likeness (QED) is 0.812. The minimum Gasteiger partial charge on any atom is -0.466 e. The number of thiazole rings is 1. The SMILES string of the molecule is CCOC(=O)Cc1nc(-c2ccc(Br)o2)cs1. The average Bonchev–Trinajstić information content (AvgIpc) is 2.87. The van der Waals surface area contributed by atoms with Gasteiger partial charge in [-0.15, -0.1) is 11.3 Å². The van der Waals surface area contributed by atoms with Crippen LogP contribution in [0.5, 0.6) is 0 Å². The van der Waals surface area contributed by atoms with Crippen molar-refractivity contribution < 1.29 is 13.9 Å². The van der Waals surface area contributed by atoms with E-state index in [9.17, 15) is 4.79 Å². The molecule has 0 N–H and O–H groups in total. The fraction of sp³-hybridized carbons (Fsp3) is 0.273. The van der Waals surface area contributed by atoms with Crippen LogP contribution >= 0.6 is 27.3 Å². The van der Waals surface area contributed by atoms with Crippen molar-refractivity contribution in [2.24, 2.45) is 0 Å². The molecule has 90 valence electrons. The first-order valence-corrected chi connectivity index (χ1v) is 6.72. The molecule has 0 radical (unpaired) electrons. The highest BCUT2D eigenvalue weighted by molar-refractivity contribution is 9.10. The van der Waals surface area contributed by atoms with Crippen molar-refractivity contribution in [1.82, 2.24) is 4.98 Å². The summed E-state index contributed by atoms with van der Waals surface area (Å²) in [6, 6.07) is 3.63. The van der Waals surface area contributed by atoms with Gasteiger partial charge in [-0.1, -0.05) is 0 Å². The second-order valence-corrected chi connectivity index (χ2v) is 4.94. The number of ether oxygens (including phenoxy) is 1. The molecule has 0 spiro atoms. The summed E-state index contributed by atoms with van der Waals surface area (Å²) in [5, 5.41) is 2.59. The van der Waals surface area contributed by atoms with Crippen LogP contribution < -0.4 is 0 Å². The molecule has 0 aliphatic rings. The Kier molecular flexibility index (Phi) is 3.96. The van der Waals surface area contributed by atoms with Crippen molar-refractivity contribution in [1.29, 1.82) is 0 Å². The summed E-state index contributed by atoms with van der Waals surface area (Å²) in [7, 11) is 0. The fourth-order valence-corrected chi connectivity index (χ4v) is 2.37. The molecule has 0 saturated heterocycles. The normalized spacial score (nSPS) is 10.5. The molecule has 0 aliphatic carbocycles. The highest BCUT2D eigenvalue weighted by Gasteiger charge is 2.11. The van der Waals surface area contributed by atoms with E-state index < -0.39 is 0 Å². The van der Waals surface area contributed by atoms with Gasteiger partial charge in [0.25, 0.3) is 0 Å². The van der Waals surface area contributed by atoms with Crippen molar-refractivity contribution in [2.75, 3.05) is 6.61 Å². The van der Waals surface area contributed by atoms with Crippen molar-refractivity contribution in [3.8, 4) is 11.5 Å². The van der Waals surface area contributed by atoms with Gasteiger partial charge in [-0.05, 0) is 35.0 Å². The van der Waals surface area contributed by atoms with Gasteiger partial charge in [0, 0.05) is 5.38 Å². The maximum Gasteiger partial charge on any atom is 0.312 e. The summed E-state index contributed by atoms with van der Waals surface area (Å²) < 4.78 is 10.9. The Morgan fingerprint density at radius 3 is 3.06 bits per heavy atom. The third-order valence-corrected chi connectivity index (χ3v) is 3.25. The minimum atomic E-state index is -0.256. The van der Waals surface area contributed by atoms with Crippen LogP contribution in [-0.4, -0.2) is 17.6 Å². The van der Waals surface area contributed by atoms with Crippen LogP contribution in [0, 0.1) is 0 Å². The summed E-state index contributed by atoms with van der Waals surface area (Å²) in [6.07, 6.45) is 0.209. The Morgan fingerprint density at radius 2 is 2.41 bits per heavy atom. The number of halogens is 1. The number of hydrogen-bond donors (Lipinski definition) is 0. The molecular weight excluding hydrogens is 306 g/mol. The highest BCUT2D eigenvalue weighted by Crippen LogP contribution is 2.26. The first-order chi connectivity index (χ1) is 8.19. The molecule has 0 aromatic carbocycles. The van der Waals surface area contributed by atoms with Crippen LogP contribution in [0.2, 0.25) is 0 Å². The molecule has 2 aromatic heterocycles. The zero-order valence-electron chi connectivity index (χ0n) is 9.10. The Balaban J connectivity index is 2.08. The molecule has 4 nitrogen and oxygen atoms in total. The maximum absolute atomic E-state index is 11.3. The largest absolute Gasteiger partial charge is 0.466 e. The summed E-state index contributed by atoms with van der Waals surface area (Å²) in [6.45, 7) is 2.17. The van der Waals surface area contributed by atoms with Gasteiger partial charge in [-0.25, -0.2) is 4.98 Å². The Labute approximate surface area is 111 Å². The maximum atomic E-state index is 11.3. The number of hydrogen-bond acceptors (Lipinski definition) is 5. The summed E-state index contributed by atoms with van der Waals surface area (Å²) in [4.78, 5) is 15.6. The van der Waals surface area contributed by atoms with Crippen LogP contribution in [-0.2, 0) is 16.0 Å². The molecule has 0 aliphatic heterocycles. The van der Waals surface area contributed by atoms with Gasteiger partial charge in [-0.2, -0.15) is 0 Å². The van der Waals surface area contributed by atoms with Gasteiger partial charge >= 0.3 is 5.97 Å². The number of carbonyl (C=O) groups excluding carboxylic acids is 1. The van der Waals surface area contributed by atoms with Crippen molar-refractivity contribution >= 4 is 33.2 Å². The predicted molar refractivity (Wildman–Crippen MR) is 67.9 cm³/mol. The van der Waals surface area contributed by atoms with E-state index in [4.69, 9.17) is 9.15 Å². The lowest BCUT2D eigenvalue weighted by Crippen LogP contribution is -2.07. The van der Waals surface area contributed by atoms with Crippen molar-refractivity contribution in [3.05, 3.63) is 27.2 Å². The molecule has 17 heavy (non-hydrogen) atoms. The van der Waals surface area contributed by atoms with Crippen LogP contribution in [0.3, 0.4) is 0 Å². The molecule has 2 rings (SSSR count). The molecule has 0 unspecified atom stereocenters. The Morgan fingerprint density at radius 1 is 1.59 bits per heavy atom. The second-order valence-electron chi connectivity index (χ2n) is 3.21. The minimum absolute atomic E-state index is 0.209. The number of nitrogens with zero attached hydrogens (tertiary/aromatic N) is 1. The van der Waals surface area contributed by atoms with E-state index in [2.05, 4.69) is 20.9 Å². The van der Waals surface area contributed by atoms with Crippen LogP contribution in [0.4, 0.5) is 0 Å². The molecule has 0 saturated carbocycles. The monoisotopic (exact) mass is 315 g/mol. The molecular formula is C11H10BrNO3S. The first-order valence-electron chi connectivity index (χ1n) is 5.04. The molecule has 0 fully saturated rings. The van der Waals surface area contributed by atoms with Gasteiger partial charge in [0.2, 0.25) is 0 Å².